The number of amides is 2. The molecule has 1 spiro atoms. The molecule has 2 aliphatic rings. The van der Waals surface area contributed by atoms with Crippen molar-refractivity contribution in [3.8, 4) is 0 Å². The lowest BCUT2D eigenvalue weighted by atomic mass is 9.86. The maximum Gasteiger partial charge on any atom is 0.255 e. The van der Waals surface area contributed by atoms with Gasteiger partial charge in [0.1, 0.15) is 0 Å². The zero-order valence-corrected chi connectivity index (χ0v) is 16.5. The second-order valence-corrected chi connectivity index (χ2v) is 8.39. The zero-order valence-electron chi connectivity index (χ0n) is 16.5. The molecule has 1 aromatic heterocycles. The second-order valence-electron chi connectivity index (χ2n) is 8.39. The number of aromatic nitrogens is 1. The van der Waals surface area contributed by atoms with Crippen LogP contribution in [0, 0.1) is 12.3 Å². The van der Waals surface area contributed by atoms with Crippen LogP contribution in [0.25, 0.3) is 10.9 Å². The van der Waals surface area contributed by atoms with Crippen molar-refractivity contribution in [2.24, 2.45) is 5.41 Å². The zero-order chi connectivity index (χ0) is 20.0. The molecule has 2 aromatic carbocycles. The van der Waals surface area contributed by atoms with E-state index in [1.807, 2.05) is 65.3 Å². The molecule has 0 unspecified atom stereocenters. The van der Waals surface area contributed by atoms with E-state index in [-0.39, 0.29) is 17.2 Å². The third kappa shape index (κ3) is 3.16. The first-order valence-corrected chi connectivity index (χ1v) is 10.0. The Labute approximate surface area is 170 Å². The Hall–Kier alpha value is -3.21. The molecule has 3 heterocycles. The fourth-order valence-corrected chi connectivity index (χ4v) is 4.68. The molecule has 2 fully saturated rings. The van der Waals surface area contributed by atoms with Gasteiger partial charge in [-0.2, -0.15) is 0 Å². The van der Waals surface area contributed by atoms with Gasteiger partial charge in [-0.05, 0) is 43.2 Å². The maximum atomic E-state index is 13.1. The number of rotatable bonds is 2. The van der Waals surface area contributed by atoms with Crippen LogP contribution in [0.4, 0.5) is 5.69 Å². The van der Waals surface area contributed by atoms with E-state index in [1.165, 1.54) is 0 Å². The van der Waals surface area contributed by atoms with Crippen molar-refractivity contribution >= 4 is 28.4 Å². The van der Waals surface area contributed by atoms with Crippen LogP contribution >= 0.6 is 0 Å². The molecular formula is C24H23N3O2. The topological polar surface area (TPSA) is 53.5 Å². The van der Waals surface area contributed by atoms with E-state index < -0.39 is 0 Å². The molecule has 0 radical (unpaired) electrons. The summed E-state index contributed by atoms with van der Waals surface area (Å²) in [6.07, 6.45) is 3.02. The molecule has 29 heavy (non-hydrogen) atoms. The molecule has 5 nitrogen and oxygen atoms in total. The average Bonchev–Trinajstić information content (AvgIpc) is 3.29. The number of anilines is 1. The van der Waals surface area contributed by atoms with E-state index in [9.17, 15) is 9.59 Å². The van der Waals surface area contributed by atoms with E-state index in [0.29, 0.717) is 31.6 Å². The molecule has 5 rings (SSSR count). The summed E-state index contributed by atoms with van der Waals surface area (Å²) in [7, 11) is 0. The summed E-state index contributed by atoms with van der Waals surface area (Å²) >= 11 is 0. The van der Waals surface area contributed by atoms with Gasteiger partial charge in [-0.15, -0.1) is 0 Å². The smallest absolute Gasteiger partial charge is 0.255 e. The average molecular weight is 385 g/mol. The van der Waals surface area contributed by atoms with Crippen LogP contribution in [0.5, 0.6) is 0 Å². The minimum Gasteiger partial charge on any atom is -0.338 e. The standard InChI is InChI=1S/C24H23N3O2/c1-17-5-4-7-20(11-17)27-16-24(13-22(27)28)9-10-26(15-24)23(29)19-12-18-6-2-3-8-21(18)25-14-19/h2-8,11-12,14H,9-10,13,15-16H2,1H3/t24-/m1/s1. The minimum absolute atomic E-state index is 0.00147. The van der Waals surface area contributed by atoms with Crippen molar-refractivity contribution in [2.75, 3.05) is 24.5 Å². The van der Waals surface area contributed by atoms with Crippen LogP contribution in [-0.2, 0) is 4.79 Å². The first kappa shape index (κ1) is 17.9. The van der Waals surface area contributed by atoms with Gasteiger partial charge in [-0.3, -0.25) is 14.6 Å². The van der Waals surface area contributed by atoms with Crippen molar-refractivity contribution in [2.45, 2.75) is 19.8 Å². The Bertz CT molecular complexity index is 1130. The molecule has 1 atom stereocenters. The molecule has 5 heteroatoms. The predicted molar refractivity (Wildman–Crippen MR) is 113 cm³/mol. The Kier molecular flexibility index (Phi) is 4.12. The molecule has 0 N–H and O–H groups in total. The molecule has 2 saturated heterocycles. The number of aryl methyl sites for hydroxylation is 1. The van der Waals surface area contributed by atoms with Crippen LogP contribution < -0.4 is 4.90 Å². The normalized spacial score (nSPS) is 21.5. The van der Waals surface area contributed by atoms with E-state index in [4.69, 9.17) is 0 Å². The first-order valence-electron chi connectivity index (χ1n) is 10.0. The number of likely N-dealkylation sites (tertiary alicyclic amines) is 1. The highest BCUT2D eigenvalue weighted by atomic mass is 16.2. The van der Waals surface area contributed by atoms with Gasteiger partial charge in [0.05, 0.1) is 11.1 Å². The van der Waals surface area contributed by atoms with Gasteiger partial charge in [0.25, 0.3) is 5.91 Å². The summed E-state index contributed by atoms with van der Waals surface area (Å²) in [4.78, 5) is 34.0. The van der Waals surface area contributed by atoms with Gasteiger partial charge in [0.2, 0.25) is 5.91 Å². The quantitative estimate of drug-likeness (QED) is 0.674. The van der Waals surface area contributed by atoms with E-state index in [1.54, 1.807) is 6.20 Å². The summed E-state index contributed by atoms with van der Waals surface area (Å²) in [6.45, 7) is 4.01. The molecule has 3 aromatic rings. The van der Waals surface area contributed by atoms with E-state index in [2.05, 4.69) is 11.1 Å². The molecule has 0 bridgehead atoms. The molecular weight excluding hydrogens is 362 g/mol. The summed E-state index contributed by atoms with van der Waals surface area (Å²) in [5.74, 6) is 0.152. The van der Waals surface area contributed by atoms with Gasteiger partial charge in [0.15, 0.2) is 0 Å². The molecule has 2 amide bonds. The van der Waals surface area contributed by atoms with Gasteiger partial charge in [-0.1, -0.05) is 30.3 Å². The fraction of sp³-hybridized carbons (Fsp3) is 0.292. The highest BCUT2D eigenvalue weighted by molar-refractivity contribution is 5.99. The first-order chi connectivity index (χ1) is 14.0. The van der Waals surface area contributed by atoms with Crippen LogP contribution in [0.15, 0.2) is 60.8 Å². The van der Waals surface area contributed by atoms with Crippen molar-refractivity contribution in [3.63, 3.8) is 0 Å². The number of benzene rings is 2. The van der Waals surface area contributed by atoms with Crippen LogP contribution in [0.2, 0.25) is 0 Å². The number of hydrogen-bond acceptors (Lipinski definition) is 3. The van der Waals surface area contributed by atoms with Gasteiger partial charge in [0, 0.05) is 48.7 Å². The Balaban J connectivity index is 1.35. The van der Waals surface area contributed by atoms with Crippen molar-refractivity contribution in [1.82, 2.24) is 9.88 Å². The number of carbonyl (C=O) groups excluding carboxylic acids is 2. The summed E-state index contributed by atoms with van der Waals surface area (Å²) in [5.41, 5.74) is 3.44. The number of fused-ring (bicyclic) bond motifs is 1. The van der Waals surface area contributed by atoms with Crippen molar-refractivity contribution in [1.29, 1.82) is 0 Å². The monoisotopic (exact) mass is 385 g/mol. The predicted octanol–water partition coefficient (Wildman–Crippen LogP) is 3.81. The van der Waals surface area contributed by atoms with Crippen LogP contribution in [0.1, 0.15) is 28.8 Å². The van der Waals surface area contributed by atoms with Gasteiger partial charge >= 0.3 is 0 Å². The van der Waals surface area contributed by atoms with E-state index >= 15 is 0 Å². The number of pyridine rings is 1. The number of hydrogen-bond donors (Lipinski definition) is 0. The highest BCUT2D eigenvalue weighted by Crippen LogP contribution is 2.42. The molecule has 0 saturated carbocycles. The third-order valence-electron chi connectivity index (χ3n) is 6.20. The number of para-hydroxylation sites is 1. The minimum atomic E-state index is -0.152. The fourth-order valence-electron chi connectivity index (χ4n) is 4.68. The van der Waals surface area contributed by atoms with Crippen LogP contribution in [-0.4, -0.2) is 41.3 Å². The number of nitrogens with zero attached hydrogens (tertiary/aromatic N) is 3. The largest absolute Gasteiger partial charge is 0.338 e. The lowest BCUT2D eigenvalue weighted by molar-refractivity contribution is -0.117. The van der Waals surface area contributed by atoms with Crippen LogP contribution in [0.3, 0.4) is 0 Å². The lowest BCUT2D eigenvalue weighted by Crippen LogP contribution is -2.34. The van der Waals surface area contributed by atoms with Gasteiger partial charge < -0.3 is 9.80 Å². The Morgan fingerprint density at radius 3 is 2.79 bits per heavy atom. The second kappa shape index (κ2) is 6.69. The summed E-state index contributed by atoms with van der Waals surface area (Å²) in [6, 6.07) is 17.8. The maximum absolute atomic E-state index is 13.1. The lowest BCUT2D eigenvalue weighted by Gasteiger charge is -2.24. The summed E-state index contributed by atoms with van der Waals surface area (Å²) in [5, 5.41) is 0.967. The highest BCUT2D eigenvalue weighted by Gasteiger charge is 2.48. The molecule has 0 aliphatic carbocycles. The number of carbonyl (C=O) groups is 2. The third-order valence-corrected chi connectivity index (χ3v) is 6.20. The van der Waals surface area contributed by atoms with Gasteiger partial charge in [-0.25, -0.2) is 0 Å². The van der Waals surface area contributed by atoms with Crippen molar-refractivity contribution in [3.05, 3.63) is 71.9 Å². The SMILES string of the molecule is Cc1cccc(N2C[C@]3(CCN(C(=O)c4cnc5ccccc5c4)C3)CC2=O)c1. The Morgan fingerprint density at radius 2 is 1.93 bits per heavy atom. The molecule has 2 aliphatic heterocycles. The Morgan fingerprint density at radius 1 is 1.07 bits per heavy atom. The van der Waals surface area contributed by atoms with E-state index in [0.717, 1.165) is 28.6 Å². The summed E-state index contributed by atoms with van der Waals surface area (Å²) < 4.78 is 0. The molecule has 146 valence electrons. The van der Waals surface area contributed by atoms with Crippen molar-refractivity contribution < 1.29 is 9.59 Å².